The Balaban J connectivity index is 2.07. The van der Waals surface area contributed by atoms with Gasteiger partial charge in [-0.25, -0.2) is 13.8 Å². The van der Waals surface area contributed by atoms with Gasteiger partial charge in [0.1, 0.15) is 17.3 Å². The predicted molar refractivity (Wildman–Crippen MR) is 75.0 cm³/mol. The molecule has 0 aliphatic rings. The highest BCUT2D eigenvalue weighted by Gasteiger charge is 2.08. The van der Waals surface area contributed by atoms with E-state index in [2.05, 4.69) is 9.98 Å². The smallest absolute Gasteiger partial charge is 0.151 e. The first-order valence-electron chi connectivity index (χ1n) is 6.01. The zero-order valence-electron chi connectivity index (χ0n) is 10.4. The molecule has 0 fully saturated rings. The van der Waals surface area contributed by atoms with E-state index in [0.717, 1.165) is 23.0 Å². The van der Waals surface area contributed by atoms with Crippen molar-refractivity contribution in [2.45, 2.75) is 0 Å². The molecule has 0 saturated carbocycles. The average molecular weight is 271 g/mol. The van der Waals surface area contributed by atoms with E-state index in [0.29, 0.717) is 5.56 Å². The van der Waals surface area contributed by atoms with Crippen LogP contribution in [0, 0.1) is 11.6 Å². The quantitative estimate of drug-likeness (QED) is 0.544. The number of amidine groups is 1. The van der Waals surface area contributed by atoms with Crippen LogP contribution in [0.2, 0.25) is 0 Å². The molecular formula is C15H11F2N3. The molecule has 1 heterocycles. The van der Waals surface area contributed by atoms with E-state index in [4.69, 9.17) is 5.73 Å². The second kappa shape index (κ2) is 4.77. The molecule has 1 aromatic heterocycles. The monoisotopic (exact) mass is 271 g/mol. The highest BCUT2D eigenvalue weighted by molar-refractivity contribution is 6.09. The topological polar surface area (TPSA) is 54.2 Å². The highest BCUT2D eigenvalue weighted by Crippen LogP contribution is 2.22. The molecule has 2 aromatic carbocycles. The molecule has 20 heavy (non-hydrogen) atoms. The van der Waals surface area contributed by atoms with Gasteiger partial charge in [-0.1, -0.05) is 18.2 Å². The van der Waals surface area contributed by atoms with Crippen molar-refractivity contribution in [3.05, 3.63) is 65.9 Å². The van der Waals surface area contributed by atoms with Crippen molar-refractivity contribution >= 4 is 22.4 Å². The molecule has 3 rings (SSSR count). The summed E-state index contributed by atoms with van der Waals surface area (Å²) in [6, 6.07) is 10.8. The third-order valence-corrected chi connectivity index (χ3v) is 3.02. The number of aromatic nitrogens is 1. The Labute approximate surface area is 113 Å². The van der Waals surface area contributed by atoms with E-state index in [9.17, 15) is 8.78 Å². The van der Waals surface area contributed by atoms with Crippen LogP contribution in [0.5, 0.6) is 0 Å². The van der Waals surface area contributed by atoms with Gasteiger partial charge in [-0.05, 0) is 18.2 Å². The molecule has 0 aliphatic heterocycles. The zero-order chi connectivity index (χ0) is 14.1. The maximum Gasteiger partial charge on any atom is 0.151 e. The zero-order valence-corrected chi connectivity index (χ0v) is 10.4. The van der Waals surface area contributed by atoms with Crippen molar-refractivity contribution in [3.63, 3.8) is 0 Å². The van der Waals surface area contributed by atoms with Gasteiger partial charge in [0.15, 0.2) is 5.82 Å². The fraction of sp³-hybridized carbons (Fsp3) is 0. The van der Waals surface area contributed by atoms with Gasteiger partial charge < -0.3 is 10.7 Å². The van der Waals surface area contributed by atoms with E-state index in [-0.39, 0.29) is 11.5 Å². The molecule has 0 amide bonds. The summed E-state index contributed by atoms with van der Waals surface area (Å²) in [5, 5.41) is 0.899. The Hall–Kier alpha value is -2.69. The van der Waals surface area contributed by atoms with Crippen molar-refractivity contribution in [1.82, 2.24) is 4.98 Å². The molecule has 0 spiro atoms. The van der Waals surface area contributed by atoms with Crippen molar-refractivity contribution in [1.29, 1.82) is 0 Å². The van der Waals surface area contributed by atoms with Gasteiger partial charge in [0.25, 0.3) is 0 Å². The molecule has 3 aromatic rings. The molecule has 0 unspecified atom stereocenters. The van der Waals surface area contributed by atoms with E-state index in [1.54, 1.807) is 6.20 Å². The number of halogens is 2. The molecular weight excluding hydrogens is 260 g/mol. The lowest BCUT2D eigenvalue weighted by atomic mass is 10.1. The van der Waals surface area contributed by atoms with Crippen LogP contribution in [0.4, 0.5) is 14.5 Å². The van der Waals surface area contributed by atoms with Gasteiger partial charge in [0.2, 0.25) is 0 Å². The van der Waals surface area contributed by atoms with Crippen LogP contribution < -0.4 is 5.73 Å². The molecule has 3 nitrogen and oxygen atoms in total. The molecule has 0 bridgehead atoms. The van der Waals surface area contributed by atoms with Crippen LogP contribution in [0.25, 0.3) is 10.9 Å². The van der Waals surface area contributed by atoms with Crippen LogP contribution in [-0.2, 0) is 0 Å². The third-order valence-electron chi connectivity index (χ3n) is 3.02. The summed E-state index contributed by atoms with van der Waals surface area (Å²) in [5.74, 6) is -1.21. The first kappa shape index (κ1) is 12.3. The number of aliphatic imine (C=N–C) groups is 1. The van der Waals surface area contributed by atoms with Gasteiger partial charge in [0.05, 0.1) is 0 Å². The first-order chi connectivity index (χ1) is 9.65. The van der Waals surface area contributed by atoms with Crippen molar-refractivity contribution in [2.24, 2.45) is 10.7 Å². The van der Waals surface area contributed by atoms with Gasteiger partial charge >= 0.3 is 0 Å². The number of H-pyrrole nitrogens is 1. The number of benzene rings is 2. The fourth-order valence-corrected chi connectivity index (χ4v) is 2.05. The normalized spacial score (nSPS) is 12.0. The van der Waals surface area contributed by atoms with Crippen LogP contribution in [0.1, 0.15) is 5.56 Å². The van der Waals surface area contributed by atoms with E-state index in [1.165, 1.54) is 6.07 Å². The number of aromatic amines is 1. The second-order valence-electron chi connectivity index (χ2n) is 4.34. The third kappa shape index (κ3) is 2.14. The summed E-state index contributed by atoms with van der Waals surface area (Å²) in [6.07, 6.45) is 1.71. The van der Waals surface area contributed by atoms with E-state index in [1.807, 2.05) is 24.3 Å². The molecule has 100 valence electrons. The van der Waals surface area contributed by atoms with E-state index < -0.39 is 11.6 Å². The molecule has 5 heteroatoms. The minimum atomic E-state index is -0.743. The Bertz CT molecular complexity index is 806. The summed E-state index contributed by atoms with van der Waals surface area (Å²) in [7, 11) is 0. The molecule has 0 aliphatic carbocycles. The minimum absolute atomic E-state index is 0.00850. The van der Waals surface area contributed by atoms with E-state index >= 15 is 0 Å². The summed E-state index contributed by atoms with van der Waals surface area (Å²) >= 11 is 0. The van der Waals surface area contributed by atoms with Gasteiger partial charge in [-0.3, -0.25) is 0 Å². The van der Waals surface area contributed by atoms with Crippen LogP contribution in [-0.4, -0.2) is 10.8 Å². The number of rotatable bonds is 2. The average Bonchev–Trinajstić information content (AvgIpc) is 2.86. The van der Waals surface area contributed by atoms with Crippen LogP contribution in [0.15, 0.2) is 53.7 Å². The summed E-state index contributed by atoms with van der Waals surface area (Å²) in [6.45, 7) is 0. The predicted octanol–water partition coefficient (Wildman–Crippen LogP) is 3.48. The maximum atomic E-state index is 13.6. The Kier molecular flexibility index (Phi) is 2.95. The number of nitrogens with two attached hydrogens (primary N) is 1. The molecule has 0 radical (unpaired) electrons. The maximum absolute atomic E-state index is 13.6. The fourth-order valence-electron chi connectivity index (χ4n) is 2.05. The number of nitrogens with one attached hydrogen (secondary N) is 1. The number of nitrogens with zero attached hydrogens (tertiary/aromatic N) is 1. The molecule has 0 saturated heterocycles. The number of hydrogen-bond acceptors (Lipinski definition) is 1. The number of para-hydroxylation sites is 1. The molecule has 3 N–H and O–H groups in total. The lowest BCUT2D eigenvalue weighted by Gasteiger charge is -2.01. The lowest BCUT2D eigenvalue weighted by Crippen LogP contribution is -2.12. The first-order valence-corrected chi connectivity index (χ1v) is 6.01. The van der Waals surface area contributed by atoms with Gasteiger partial charge in [-0.2, -0.15) is 0 Å². The van der Waals surface area contributed by atoms with Gasteiger partial charge in [0, 0.05) is 28.7 Å². The SMILES string of the molecule is NC(=Nc1ccc(F)cc1F)c1c[nH]c2ccccc12. The van der Waals surface area contributed by atoms with Crippen LogP contribution in [0.3, 0.4) is 0 Å². The van der Waals surface area contributed by atoms with Crippen LogP contribution >= 0.6 is 0 Å². The number of hydrogen-bond donors (Lipinski definition) is 2. The Morgan fingerprint density at radius 3 is 2.70 bits per heavy atom. The standard InChI is InChI=1S/C15H11F2N3/c16-9-5-6-14(12(17)7-9)20-15(18)11-8-19-13-4-2-1-3-10(11)13/h1-8,19H,(H2,18,20). The summed E-state index contributed by atoms with van der Waals surface area (Å²) < 4.78 is 26.4. The molecule has 0 atom stereocenters. The number of fused-ring (bicyclic) bond motifs is 1. The summed E-state index contributed by atoms with van der Waals surface area (Å²) in [5.41, 5.74) is 7.52. The highest BCUT2D eigenvalue weighted by atomic mass is 19.1. The van der Waals surface area contributed by atoms with Crippen molar-refractivity contribution < 1.29 is 8.78 Å². The summed E-state index contributed by atoms with van der Waals surface area (Å²) in [4.78, 5) is 7.09. The largest absolute Gasteiger partial charge is 0.383 e. The Morgan fingerprint density at radius 1 is 1.10 bits per heavy atom. The Morgan fingerprint density at radius 2 is 1.90 bits per heavy atom. The van der Waals surface area contributed by atoms with Gasteiger partial charge in [-0.15, -0.1) is 0 Å². The lowest BCUT2D eigenvalue weighted by molar-refractivity contribution is 0.585. The van der Waals surface area contributed by atoms with Crippen molar-refractivity contribution in [3.8, 4) is 0 Å². The van der Waals surface area contributed by atoms with Crippen molar-refractivity contribution in [2.75, 3.05) is 0 Å². The second-order valence-corrected chi connectivity index (χ2v) is 4.34. The minimum Gasteiger partial charge on any atom is -0.383 e.